The van der Waals surface area contributed by atoms with Crippen molar-refractivity contribution in [3.8, 4) is 6.01 Å². The molecule has 3 rings (SSSR count). The van der Waals surface area contributed by atoms with Gasteiger partial charge in [-0.25, -0.2) is 9.97 Å². The lowest BCUT2D eigenvalue weighted by molar-refractivity contribution is -0.127. The van der Waals surface area contributed by atoms with E-state index in [1.54, 1.807) is 0 Å². The van der Waals surface area contributed by atoms with Crippen molar-refractivity contribution in [3.63, 3.8) is 0 Å². The smallest absolute Gasteiger partial charge is 0.317 e. The maximum atomic E-state index is 12.6. The van der Waals surface area contributed by atoms with Gasteiger partial charge in [0.2, 0.25) is 5.91 Å². The van der Waals surface area contributed by atoms with Gasteiger partial charge in [-0.1, -0.05) is 13.8 Å². The normalized spacial score (nSPS) is 28.8. The van der Waals surface area contributed by atoms with Crippen LogP contribution in [0, 0.1) is 31.6 Å². The molecule has 0 aromatic carbocycles. The number of amides is 1. The molecule has 5 nitrogen and oxygen atoms in total. The lowest BCUT2D eigenvalue weighted by Crippen LogP contribution is -2.43. The van der Waals surface area contributed by atoms with Gasteiger partial charge >= 0.3 is 6.01 Å². The Labute approximate surface area is 163 Å². The number of aryl methyl sites for hydroxylation is 2. The van der Waals surface area contributed by atoms with E-state index in [4.69, 9.17) is 4.74 Å². The molecule has 0 unspecified atom stereocenters. The minimum atomic E-state index is 0.154. The molecule has 0 radical (unpaired) electrons. The van der Waals surface area contributed by atoms with Crippen LogP contribution in [0.4, 0.5) is 0 Å². The molecule has 0 bridgehead atoms. The number of aromatic nitrogens is 2. The lowest BCUT2D eigenvalue weighted by Gasteiger charge is -2.33. The summed E-state index contributed by atoms with van der Waals surface area (Å²) >= 11 is 0. The first-order chi connectivity index (χ1) is 12.9. The summed E-state index contributed by atoms with van der Waals surface area (Å²) in [5, 5.41) is 3.31. The number of rotatable bonds is 5. The largest absolute Gasteiger partial charge is 0.460 e. The lowest BCUT2D eigenvalue weighted by atomic mass is 9.76. The van der Waals surface area contributed by atoms with E-state index < -0.39 is 0 Å². The summed E-state index contributed by atoms with van der Waals surface area (Å²) in [5.74, 6) is 2.04. The van der Waals surface area contributed by atoms with Crippen LogP contribution < -0.4 is 10.1 Å². The van der Waals surface area contributed by atoms with Crippen LogP contribution in [0.25, 0.3) is 0 Å². The molecule has 0 aliphatic heterocycles. The molecule has 0 atom stereocenters. The molecule has 0 saturated heterocycles. The fourth-order valence-electron chi connectivity index (χ4n) is 4.59. The molecule has 5 heteroatoms. The maximum Gasteiger partial charge on any atom is 0.317 e. The van der Waals surface area contributed by atoms with Crippen LogP contribution in [-0.2, 0) is 4.79 Å². The molecule has 2 aliphatic carbocycles. The van der Waals surface area contributed by atoms with Gasteiger partial charge < -0.3 is 10.1 Å². The predicted molar refractivity (Wildman–Crippen MR) is 107 cm³/mol. The molecule has 2 saturated carbocycles. The van der Waals surface area contributed by atoms with Crippen LogP contribution in [0.1, 0.15) is 76.6 Å². The van der Waals surface area contributed by atoms with Crippen LogP contribution in [0.3, 0.4) is 0 Å². The fraction of sp³-hybridized carbons (Fsp3) is 0.773. The second-order valence-electron chi connectivity index (χ2n) is 8.89. The summed E-state index contributed by atoms with van der Waals surface area (Å²) in [6, 6.07) is 2.73. The van der Waals surface area contributed by atoms with Crippen molar-refractivity contribution in [3.05, 3.63) is 17.5 Å². The summed E-state index contributed by atoms with van der Waals surface area (Å²) in [5.41, 5.74) is 1.87. The highest BCUT2D eigenvalue weighted by Gasteiger charge is 2.30. The van der Waals surface area contributed by atoms with Gasteiger partial charge in [0.05, 0.1) is 0 Å². The average molecular weight is 374 g/mol. The molecule has 1 aromatic rings. The monoisotopic (exact) mass is 373 g/mol. The zero-order valence-corrected chi connectivity index (χ0v) is 17.3. The van der Waals surface area contributed by atoms with Gasteiger partial charge in [-0.05, 0) is 83.1 Å². The minimum Gasteiger partial charge on any atom is -0.460 e. The molecule has 150 valence electrons. The van der Waals surface area contributed by atoms with Gasteiger partial charge in [-0.2, -0.15) is 0 Å². The fourth-order valence-corrected chi connectivity index (χ4v) is 4.59. The number of carbonyl (C=O) groups excluding carboxylic acids is 1. The first-order valence-electron chi connectivity index (χ1n) is 10.7. The van der Waals surface area contributed by atoms with Gasteiger partial charge in [-0.15, -0.1) is 0 Å². The van der Waals surface area contributed by atoms with Crippen molar-refractivity contribution in [2.45, 2.75) is 91.2 Å². The first-order valence-corrected chi connectivity index (χ1v) is 10.7. The van der Waals surface area contributed by atoms with E-state index in [0.29, 0.717) is 12.1 Å². The molecular weight excluding hydrogens is 338 g/mol. The third-order valence-corrected chi connectivity index (χ3v) is 6.34. The molecule has 1 heterocycles. The number of hydrogen-bond donors (Lipinski definition) is 1. The topological polar surface area (TPSA) is 64.1 Å². The van der Waals surface area contributed by atoms with Crippen molar-refractivity contribution in [1.82, 2.24) is 15.3 Å². The molecule has 0 spiro atoms. The Bertz CT molecular complexity index is 610. The van der Waals surface area contributed by atoms with E-state index in [9.17, 15) is 4.79 Å². The molecule has 1 amide bonds. The molecular formula is C22H35N3O2. The van der Waals surface area contributed by atoms with E-state index in [-0.39, 0.29) is 17.9 Å². The number of ether oxygens (including phenoxy) is 1. The summed E-state index contributed by atoms with van der Waals surface area (Å²) in [4.78, 5) is 21.4. The summed E-state index contributed by atoms with van der Waals surface area (Å²) in [6.45, 7) is 8.52. The van der Waals surface area contributed by atoms with Crippen LogP contribution in [-0.4, -0.2) is 28.0 Å². The van der Waals surface area contributed by atoms with Crippen molar-refractivity contribution in [2.75, 3.05) is 0 Å². The molecule has 27 heavy (non-hydrogen) atoms. The highest BCUT2D eigenvalue weighted by atomic mass is 16.5. The quantitative estimate of drug-likeness (QED) is 0.833. The van der Waals surface area contributed by atoms with Crippen LogP contribution in [0.15, 0.2) is 6.07 Å². The van der Waals surface area contributed by atoms with Gasteiger partial charge in [0.15, 0.2) is 0 Å². The molecule has 1 aromatic heterocycles. The van der Waals surface area contributed by atoms with E-state index in [1.807, 2.05) is 19.9 Å². The Balaban J connectivity index is 1.41. The molecule has 2 aliphatic rings. The number of nitrogens with zero attached hydrogens (tertiary/aromatic N) is 2. The van der Waals surface area contributed by atoms with Crippen molar-refractivity contribution in [2.24, 2.45) is 17.8 Å². The van der Waals surface area contributed by atoms with E-state index in [1.165, 1.54) is 12.8 Å². The summed E-state index contributed by atoms with van der Waals surface area (Å²) in [6.07, 6.45) is 8.50. The van der Waals surface area contributed by atoms with Crippen LogP contribution >= 0.6 is 0 Å². The van der Waals surface area contributed by atoms with Crippen molar-refractivity contribution >= 4 is 5.91 Å². The minimum absolute atomic E-state index is 0.154. The van der Waals surface area contributed by atoms with Crippen molar-refractivity contribution < 1.29 is 9.53 Å². The number of carbonyl (C=O) groups is 1. The third-order valence-electron chi connectivity index (χ3n) is 6.34. The number of nitrogens with one attached hydrogen (secondary N) is 1. The van der Waals surface area contributed by atoms with Gasteiger partial charge in [0.1, 0.15) is 6.10 Å². The van der Waals surface area contributed by atoms with Crippen molar-refractivity contribution in [1.29, 1.82) is 0 Å². The zero-order valence-electron chi connectivity index (χ0n) is 17.3. The summed E-state index contributed by atoms with van der Waals surface area (Å²) < 4.78 is 5.99. The third kappa shape index (κ3) is 5.66. The van der Waals surface area contributed by atoms with Gasteiger partial charge in [0.25, 0.3) is 0 Å². The SMILES string of the molecule is Cc1cc(C)nc(OC2CCC(NC(=O)C3CCC(C(C)C)CC3)CC2)n1. The van der Waals surface area contributed by atoms with E-state index in [2.05, 4.69) is 29.1 Å². The van der Waals surface area contributed by atoms with Gasteiger partial charge in [0, 0.05) is 23.3 Å². The average Bonchev–Trinajstić information content (AvgIpc) is 2.62. The van der Waals surface area contributed by atoms with E-state index >= 15 is 0 Å². The zero-order chi connectivity index (χ0) is 19.4. The second-order valence-corrected chi connectivity index (χ2v) is 8.89. The molecule has 1 N–H and O–H groups in total. The van der Waals surface area contributed by atoms with E-state index in [0.717, 1.165) is 61.7 Å². The Morgan fingerprint density at radius 1 is 1.00 bits per heavy atom. The Kier molecular flexibility index (Phi) is 6.72. The highest BCUT2D eigenvalue weighted by molar-refractivity contribution is 5.79. The standard InChI is InChI=1S/C22H35N3O2/c1-14(2)17-5-7-18(8-6-17)21(26)25-19-9-11-20(12-10-19)27-22-23-15(3)13-16(4)24-22/h13-14,17-20H,5-12H2,1-4H3,(H,25,26). The van der Waals surface area contributed by atoms with Crippen LogP contribution in [0.5, 0.6) is 6.01 Å². The second kappa shape index (κ2) is 9.03. The predicted octanol–water partition coefficient (Wildman–Crippen LogP) is 4.36. The number of hydrogen-bond acceptors (Lipinski definition) is 4. The Morgan fingerprint density at radius 3 is 2.15 bits per heavy atom. The molecule has 2 fully saturated rings. The Hall–Kier alpha value is -1.65. The Morgan fingerprint density at radius 2 is 1.59 bits per heavy atom. The summed E-state index contributed by atoms with van der Waals surface area (Å²) in [7, 11) is 0. The van der Waals surface area contributed by atoms with Gasteiger partial charge in [-0.3, -0.25) is 4.79 Å². The highest BCUT2D eigenvalue weighted by Crippen LogP contribution is 2.33. The maximum absolute atomic E-state index is 12.6. The van der Waals surface area contributed by atoms with Crippen LogP contribution in [0.2, 0.25) is 0 Å². The first kappa shape index (κ1) is 20.1.